The van der Waals surface area contributed by atoms with Gasteiger partial charge >= 0.3 is 5.97 Å². The number of para-hydroxylation sites is 1. The molecule has 1 aromatic carbocycles. The maximum atomic E-state index is 12.3. The zero-order chi connectivity index (χ0) is 14.7. The second-order valence-corrected chi connectivity index (χ2v) is 4.48. The van der Waals surface area contributed by atoms with Gasteiger partial charge in [0.05, 0.1) is 16.3 Å². The third kappa shape index (κ3) is 2.78. The molecule has 0 unspecified atom stereocenters. The molecule has 0 aliphatic rings. The number of pyridine rings is 1. The number of carbonyl (C=O) groups is 2. The molecule has 2 aromatic rings. The van der Waals surface area contributed by atoms with Crippen LogP contribution in [0.15, 0.2) is 42.6 Å². The van der Waals surface area contributed by atoms with E-state index in [4.69, 9.17) is 16.7 Å². The van der Waals surface area contributed by atoms with E-state index in [1.54, 1.807) is 24.3 Å². The highest BCUT2D eigenvalue weighted by Gasteiger charge is 2.19. The summed E-state index contributed by atoms with van der Waals surface area (Å²) in [5.74, 6) is -1.50. The van der Waals surface area contributed by atoms with Gasteiger partial charge in [-0.2, -0.15) is 0 Å². The normalized spacial score (nSPS) is 10.1. The van der Waals surface area contributed by atoms with E-state index < -0.39 is 11.9 Å². The van der Waals surface area contributed by atoms with Crippen LogP contribution >= 0.6 is 11.6 Å². The summed E-state index contributed by atoms with van der Waals surface area (Å²) >= 11 is 5.71. The lowest BCUT2D eigenvalue weighted by Gasteiger charge is -2.18. The summed E-state index contributed by atoms with van der Waals surface area (Å²) in [6.45, 7) is 0. The molecule has 2 rings (SSSR count). The number of hydrogen-bond donors (Lipinski definition) is 1. The molecule has 0 aliphatic heterocycles. The van der Waals surface area contributed by atoms with E-state index in [0.717, 1.165) is 0 Å². The fourth-order valence-corrected chi connectivity index (χ4v) is 1.84. The van der Waals surface area contributed by atoms with Gasteiger partial charge in [-0.05, 0) is 24.3 Å². The number of carboxylic acid groups (broad SMARTS) is 1. The molecular formula is C14H11ClN2O3. The van der Waals surface area contributed by atoms with E-state index in [1.165, 1.54) is 30.3 Å². The lowest BCUT2D eigenvalue weighted by atomic mass is 10.1. The van der Waals surface area contributed by atoms with Crippen molar-refractivity contribution in [3.8, 4) is 0 Å². The van der Waals surface area contributed by atoms with Gasteiger partial charge in [-0.1, -0.05) is 23.7 Å². The Balaban J connectivity index is 2.36. The molecule has 1 heterocycles. The third-order valence-corrected chi connectivity index (χ3v) is 2.97. The summed E-state index contributed by atoms with van der Waals surface area (Å²) in [4.78, 5) is 28.6. The van der Waals surface area contributed by atoms with E-state index in [2.05, 4.69) is 4.98 Å². The van der Waals surface area contributed by atoms with Crippen LogP contribution in [0.3, 0.4) is 0 Å². The Morgan fingerprint density at radius 2 is 1.90 bits per heavy atom. The van der Waals surface area contributed by atoms with Gasteiger partial charge in [-0.25, -0.2) is 9.78 Å². The molecule has 0 spiro atoms. The molecule has 20 heavy (non-hydrogen) atoms. The predicted molar refractivity (Wildman–Crippen MR) is 75.4 cm³/mol. The first-order chi connectivity index (χ1) is 9.50. The number of carbonyl (C=O) groups excluding carboxylic acids is 1. The first-order valence-electron chi connectivity index (χ1n) is 5.72. The van der Waals surface area contributed by atoms with Crippen LogP contribution in [0.2, 0.25) is 5.02 Å². The van der Waals surface area contributed by atoms with Crippen molar-refractivity contribution >= 4 is 29.2 Å². The zero-order valence-electron chi connectivity index (χ0n) is 10.6. The highest BCUT2D eigenvalue weighted by molar-refractivity contribution is 6.30. The van der Waals surface area contributed by atoms with Gasteiger partial charge in [0.15, 0.2) is 0 Å². The quantitative estimate of drug-likeness (QED) is 0.943. The molecule has 0 radical (unpaired) electrons. The molecule has 0 bridgehead atoms. The van der Waals surface area contributed by atoms with Gasteiger partial charge in [0, 0.05) is 13.2 Å². The summed E-state index contributed by atoms with van der Waals surface area (Å²) in [5.41, 5.74) is 0.552. The average molecular weight is 291 g/mol. The van der Waals surface area contributed by atoms with Crippen LogP contribution in [-0.4, -0.2) is 29.0 Å². The van der Waals surface area contributed by atoms with Gasteiger partial charge in [0.2, 0.25) is 0 Å². The smallest absolute Gasteiger partial charge is 0.337 e. The minimum absolute atomic E-state index is 0.0531. The van der Waals surface area contributed by atoms with Crippen molar-refractivity contribution in [3.05, 3.63) is 58.9 Å². The summed E-state index contributed by atoms with van der Waals surface area (Å²) in [5, 5.41) is 9.56. The van der Waals surface area contributed by atoms with Crippen molar-refractivity contribution in [2.75, 3.05) is 11.9 Å². The topological polar surface area (TPSA) is 70.5 Å². The highest BCUT2D eigenvalue weighted by atomic mass is 35.5. The van der Waals surface area contributed by atoms with Crippen LogP contribution in [0.1, 0.15) is 20.8 Å². The van der Waals surface area contributed by atoms with Gasteiger partial charge in [0.1, 0.15) is 5.69 Å². The van der Waals surface area contributed by atoms with Crippen LogP contribution in [0.5, 0.6) is 0 Å². The number of rotatable bonds is 3. The number of aromatic carboxylic acids is 1. The van der Waals surface area contributed by atoms with Gasteiger partial charge in [-0.3, -0.25) is 4.79 Å². The Kier molecular flexibility index (Phi) is 4.00. The standard InChI is InChI=1S/C14H11ClN2O3/c1-17(12-5-3-2-4-10(12)14(19)20)13(18)11-7-6-9(15)8-16-11/h2-8H,1H3,(H,19,20). The number of nitrogens with zero attached hydrogens (tertiary/aromatic N) is 2. The summed E-state index contributed by atoms with van der Waals surface area (Å²) < 4.78 is 0. The summed E-state index contributed by atoms with van der Waals surface area (Å²) in [6.07, 6.45) is 1.37. The maximum Gasteiger partial charge on any atom is 0.337 e. The van der Waals surface area contributed by atoms with Gasteiger partial charge in [-0.15, -0.1) is 0 Å². The van der Waals surface area contributed by atoms with Gasteiger partial charge < -0.3 is 10.0 Å². The molecule has 1 aromatic heterocycles. The Bertz CT molecular complexity index is 656. The number of aromatic nitrogens is 1. The molecule has 0 aliphatic carbocycles. The second-order valence-electron chi connectivity index (χ2n) is 4.05. The lowest BCUT2D eigenvalue weighted by Crippen LogP contribution is -2.28. The predicted octanol–water partition coefficient (Wildman–Crippen LogP) is 2.71. The van der Waals surface area contributed by atoms with E-state index in [0.29, 0.717) is 10.7 Å². The Labute approximate surface area is 120 Å². The van der Waals surface area contributed by atoms with Crippen LogP contribution in [0, 0.1) is 0 Å². The highest BCUT2D eigenvalue weighted by Crippen LogP contribution is 2.21. The molecular weight excluding hydrogens is 280 g/mol. The number of anilines is 1. The molecule has 5 nitrogen and oxygen atoms in total. The minimum Gasteiger partial charge on any atom is -0.478 e. The molecule has 102 valence electrons. The fraction of sp³-hybridized carbons (Fsp3) is 0.0714. The van der Waals surface area contributed by atoms with Crippen molar-refractivity contribution in [2.24, 2.45) is 0 Å². The SMILES string of the molecule is CN(C(=O)c1ccc(Cl)cn1)c1ccccc1C(=O)O. The van der Waals surface area contributed by atoms with Crippen molar-refractivity contribution in [3.63, 3.8) is 0 Å². The molecule has 0 fully saturated rings. The second kappa shape index (κ2) is 5.71. The lowest BCUT2D eigenvalue weighted by molar-refractivity contribution is 0.0697. The zero-order valence-corrected chi connectivity index (χ0v) is 11.3. The largest absolute Gasteiger partial charge is 0.478 e. The van der Waals surface area contributed by atoms with Crippen molar-refractivity contribution in [2.45, 2.75) is 0 Å². The number of amides is 1. The number of benzene rings is 1. The van der Waals surface area contributed by atoms with Crippen molar-refractivity contribution in [1.29, 1.82) is 0 Å². The first-order valence-corrected chi connectivity index (χ1v) is 6.10. The van der Waals surface area contributed by atoms with Crippen molar-refractivity contribution < 1.29 is 14.7 Å². The number of halogens is 1. The maximum absolute atomic E-state index is 12.3. The van der Waals surface area contributed by atoms with E-state index >= 15 is 0 Å². The monoisotopic (exact) mass is 290 g/mol. The summed E-state index contributed by atoms with van der Waals surface area (Å²) in [6, 6.07) is 9.32. The Hall–Kier alpha value is -2.40. The van der Waals surface area contributed by atoms with Crippen LogP contribution < -0.4 is 4.90 Å². The van der Waals surface area contributed by atoms with Crippen LogP contribution in [0.4, 0.5) is 5.69 Å². The molecule has 1 amide bonds. The number of carboxylic acids is 1. The van der Waals surface area contributed by atoms with Gasteiger partial charge in [0.25, 0.3) is 5.91 Å². The van der Waals surface area contributed by atoms with E-state index in [1.807, 2.05) is 0 Å². The van der Waals surface area contributed by atoms with E-state index in [-0.39, 0.29) is 11.3 Å². The first kappa shape index (κ1) is 14.0. The average Bonchev–Trinajstić information content (AvgIpc) is 2.46. The van der Waals surface area contributed by atoms with Crippen molar-refractivity contribution in [1.82, 2.24) is 4.98 Å². The summed E-state index contributed by atoms with van der Waals surface area (Å²) in [7, 11) is 1.50. The number of hydrogen-bond acceptors (Lipinski definition) is 3. The Morgan fingerprint density at radius 1 is 1.20 bits per heavy atom. The minimum atomic E-state index is -1.09. The van der Waals surface area contributed by atoms with Crippen LogP contribution in [0.25, 0.3) is 0 Å². The molecule has 0 saturated heterocycles. The third-order valence-electron chi connectivity index (χ3n) is 2.75. The molecule has 0 saturated carbocycles. The molecule has 1 N–H and O–H groups in total. The molecule has 0 atom stereocenters. The fourth-order valence-electron chi connectivity index (χ4n) is 1.73. The van der Waals surface area contributed by atoms with Crippen LogP contribution in [-0.2, 0) is 0 Å². The van der Waals surface area contributed by atoms with E-state index in [9.17, 15) is 9.59 Å². The molecule has 6 heteroatoms. The Morgan fingerprint density at radius 3 is 2.50 bits per heavy atom.